The molecule has 0 aliphatic carbocycles. The van der Waals surface area contributed by atoms with Crippen LogP contribution in [0.5, 0.6) is 0 Å². The van der Waals surface area contributed by atoms with Crippen LogP contribution in [-0.2, 0) is 6.42 Å². The van der Waals surface area contributed by atoms with Crippen LogP contribution in [0.15, 0.2) is 40.9 Å². The number of hydrogen-bond donors (Lipinski definition) is 1. The molecule has 0 atom stereocenters. The largest absolute Gasteiger partial charge is 0.352 e. The van der Waals surface area contributed by atoms with Gasteiger partial charge >= 0.3 is 0 Å². The summed E-state index contributed by atoms with van der Waals surface area (Å²) in [7, 11) is 0. The second kappa shape index (κ2) is 6.36. The maximum Gasteiger partial charge on any atom is 0.252 e. The highest BCUT2D eigenvalue weighted by molar-refractivity contribution is 9.10. The quantitative estimate of drug-likeness (QED) is 0.887. The lowest BCUT2D eigenvalue weighted by molar-refractivity contribution is 0.0953. The normalized spacial score (nSPS) is 10.3. The van der Waals surface area contributed by atoms with Crippen molar-refractivity contribution in [2.24, 2.45) is 0 Å². The molecule has 0 saturated heterocycles. The molecule has 2 rings (SSSR count). The number of hydrogen-bond acceptors (Lipinski definition) is 2. The molecule has 2 nitrogen and oxygen atoms in total. The zero-order valence-electron chi connectivity index (χ0n) is 9.45. The summed E-state index contributed by atoms with van der Waals surface area (Å²) in [6.45, 7) is 0.608. The molecule has 0 saturated carbocycles. The van der Waals surface area contributed by atoms with Gasteiger partial charge in [-0.1, -0.05) is 23.7 Å². The van der Waals surface area contributed by atoms with Crippen LogP contribution in [-0.4, -0.2) is 12.5 Å². The minimum absolute atomic E-state index is 0.0647. The minimum Gasteiger partial charge on any atom is -0.352 e. The molecule has 1 heterocycles. The first-order chi connectivity index (χ1) is 8.66. The maximum absolute atomic E-state index is 11.9. The molecular formula is C13H11BrClNOS. The Morgan fingerprint density at radius 2 is 2.06 bits per heavy atom. The number of halogens is 2. The van der Waals surface area contributed by atoms with Gasteiger partial charge in [0, 0.05) is 15.9 Å². The SMILES string of the molecule is O=C(NCCc1ccc(Cl)s1)c1ccccc1Br. The number of rotatable bonds is 4. The summed E-state index contributed by atoms with van der Waals surface area (Å²) in [6, 6.07) is 11.2. The molecule has 0 radical (unpaired) electrons. The minimum atomic E-state index is -0.0647. The van der Waals surface area contributed by atoms with E-state index in [1.807, 2.05) is 30.3 Å². The average molecular weight is 345 g/mol. The molecule has 0 bridgehead atoms. The van der Waals surface area contributed by atoms with E-state index in [0.29, 0.717) is 12.1 Å². The van der Waals surface area contributed by atoms with Gasteiger partial charge in [-0.3, -0.25) is 4.79 Å². The Hall–Kier alpha value is -0.840. The highest BCUT2D eigenvalue weighted by atomic mass is 79.9. The fraction of sp³-hybridized carbons (Fsp3) is 0.154. The van der Waals surface area contributed by atoms with Crippen LogP contribution >= 0.6 is 38.9 Å². The molecule has 18 heavy (non-hydrogen) atoms. The Bertz CT molecular complexity index is 555. The van der Waals surface area contributed by atoms with Gasteiger partial charge in [-0.05, 0) is 46.6 Å². The summed E-state index contributed by atoms with van der Waals surface area (Å²) in [5.74, 6) is -0.0647. The lowest BCUT2D eigenvalue weighted by atomic mass is 10.2. The molecule has 1 N–H and O–H groups in total. The third-order valence-corrected chi connectivity index (χ3v) is 4.39. The Morgan fingerprint density at radius 3 is 2.72 bits per heavy atom. The van der Waals surface area contributed by atoms with Crippen LogP contribution < -0.4 is 5.32 Å². The number of amides is 1. The van der Waals surface area contributed by atoms with E-state index in [9.17, 15) is 4.79 Å². The summed E-state index contributed by atoms with van der Waals surface area (Å²) in [6.07, 6.45) is 0.799. The van der Waals surface area contributed by atoms with Crippen molar-refractivity contribution < 1.29 is 4.79 Å². The number of carbonyl (C=O) groups is 1. The van der Waals surface area contributed by atoms with Gasteiger partial charge in [-0.2, -0.15) is 0 Å². The summed E-state index contributed by atoms with van der Waals surface area (Å²) in [5.41, 5.74) is 0.654. The first kappa shape index (κ1) is 13.6. The topological polar surface area (TPSA) is 29.1 Å². The zero-order chi connectivity index (χ0) is 13.0. The van der Waals surface area contributed by atoms with E-state index in [2.05, 4.69) is 21.2 Å². The summed E-state index contributed by atoms with van der Waals surface area (Å²) >= 11 is 10.7. The maximum atomic E-state index is 11.9. The van der Waals surface area contributed by atoms with Gasteiger partial charge in [0.05, 0.1) is 9.90 Å². The van der Waals surface area contributed by atoms with Crippen molar-refractivity contribution in [2.75, 3.05) is 6.54 Å². The number of benzene rings is 1. The molecule has 0 fully saturated rings. The predicted octanol–water partition coefficient (Wildman–Crippen LogP) is 4.14. The predicted molar refractivity (Wildman–Crippen MR) is 79.5 cm³/mol. The number of nitrogens with one attached hydrogen (secondary N) is 1. The zero-order valence-corrected chi connectivity index (χ0v) is 12.6. The van der Waals surface area contributed by atoms with Crippen molar-refractivity contribution in [1.82, 2.24) is 5.32 Å². The second-order valence-corrected chi connectivity index (χ2v) is 6.35. The van der Waals surface area contributed by atoms with Gasteiger partial charge in [0.15, 0.2) is 0 Å². The lowest BCUT2D eigenvalue weighted by Gasteiger charge is -2.05. The molecular weight excluding hydrogens is 334 g/mol. The van der Waals surface area contributed by atoms with Gasteiger partial charge in [0.25, 0.3) is 5.91 Å². The van der Waals surface area contributed by atoms with E-state index in [1.165, 1.54) is 4.88 Å². The third-order valence-electron chi connectivity index (χ3n) is 2.40. The summed E-state index contributed by atoms with van der Waals surface area (Å²) < 4.78 is 1.59. The molecule has 0 spiro atoms. The molecule has 1 amide bonds. The lowest BCUT2D eigenvalue weighted by Crippen LogP contribution is -2.25. The van der Waals surface area contributed by atoms with Crippen LogP contribution in [0.2, 0.25) is 4.34 Å². The van der Waals surface area contributed by atoms with Gasteiger partial charge in [-0.15, -0.1) is 11.3 Å². The third kappa shape index (κ3) is 3.57. The molecule has 1 aromatic heterocycles. The van der Waals surface area contributed by atoms with Crippen LogP contribution in [0.1, 0.15) is 15.2 Å². The Balaban J connectivity index is 1.87. The van der Waals surface area contributed by atoms with E-state index >= 15 is 0 Å². The van der Waals surface area contributed by atoms with Crippen molar-refractivity contribution in [3.8, 4) is 0 Å². The molecule has 94 valence electrons. The molecule has 2 aromatic rings. The molecule has 1 aromatic carbocycles. The highest BCUT2D eigenvalue weighted by Gasteiger charge is 2.08. The molecule has 0 aliphatic heterocycles. The fourth-order valence-corrected chi connectivity index (χ4v) is 3.08. The fourth-order valence-electron chi connectivity index (χ4n) is 1.53. The van der Waals surface area contributed by atoms with Crippen LogP contribution in [0.4, 0.5) is 0 Å². The van der Waals surface area contributed by atoms with Crippen LogP contribution in [0.3, 0.4) is 0 Å². The summed E-state index contributed by atoms with van der Waals surface area (Å²) in [5, 5.41) is 2.89. The van der Waals surface area contributed by atoms with Gasteiger partial charge < -0.3 is 5.32 Å². The Morgan fingerprint density at radius 1 is 1.28 bits per heavy atom. The monoisotopic (exact) mass is 343 g/mol. The highest BCUT2D eigenvalue weighted by Crippen LogP contribution is 2.21. The van der Waals surface area contributed by atoms with Crippen molar-refractivity contribution in [1.29, 1.82) is 0 Å². The summed E-state index contributed by atoms with van der Waals surface area (Å²) in [4.78, 5) is 13.1. The van der Waals surface area contributed by atoms with Crippen molar-refractivity contribution in [3.05, 3.63) is 55.6 Å². The number of thiophene rings is 1. The molecule has 5 heteroatoms. The Kier molecular flexibility index (Phi) is 4.80. The number of carbonyl (C=O) groups excluding carboxylic acids is 1. The van der Waals surface area contributed by atoms with Gasteiger partial charge in [-0.25, -0.2) is 0 Å². The van der Waals surface area contributed by atoms with Crippen LogP contribution in [0.25, 0.3) is 0 Å². The molecule has 0 aliphatic rings. The smallest absolute Gasteiger partial charge is 0.252 e. The van der Waals surface area contributed by atoms with E-state index in [1.54, 1.807) is 17.4 Å². The van der Waals surface area contributed by atoms with Crippen molar-refractivity contribution in [3.63, 3.8) is 0 Å². The van der Waals surface area contributed by atoms with Crippen molar-refractivity contribution >= 4 is 44.8 Å². The van der Waals surface area contributed by atoms with E-state index in [4.69, 9.17) is 11.6 Å². The first-order valence-electron chi connectivity index (χ1n) is 5.44. The van der Waals surface area contributed by atoms with E-state index in [0.717, 1.165) is 15.2 Å². The van der Waals surface area contributed by atoms with E-state index in [-0.39, 0.29) is 5.91 Å². The van der Waals surface area contributed by atoms with Gasteiger partial charge in [0.1, 0.15) is 0 Å². The first-order valence-corrected chi connectivity index (χ1v) is 7.42. The van der Waals surface area contributed by atoms with Gasteiger partial charge in [0.2, 0.25) is 0 Å². The van der Waals surface area contributed by atoms with Crippen LogP contribution in [0, 0.1) is 0 Å². The average Bonchev–Trinajstić information content (AvgIpc) is 2.75. The Labute approximate surface area is 123 Å². The second-order valence-electron chi connectivity index (χ2n) is 3.69. The molecule has 0 unspecified atom stereocenters. The van der Waals surface area contributed by atoms with Crippen molar-refractivity contribution in [2.45, 2.75) is 6.42 Å². The standard InChI is InChI=1S/C13H11BrClNOS/c14-11-4-2-1-3-10(11)13(17)16-8-7-9-5-6-12(15)18-9/h1-6H,7-8H2,(H,16,17). The van der Waals surface area contributed by atoms with E-state index < -0.39 is 0 Å².